The summed E-state index contributed by atoms with van der Waals surface area (Å²) in [5, 5.41) is 0. The number of carbonyl (C=O) groups excluding carboxylic acids is 2. The first-order chi connectivity index (χ1) is 9.13. The number of carbonyl (C=O) groups is 2. The molecule has 1 amide bonds. The molecule has 2 fully saturated rings. The fourth-order valence-electron chi connectivity index (χ4n) is 2.73. The van der Waals surface area contributed by atoms with Crippen molar-refractivity contribution in [1.82, 2.24) is 4.90 Å². The number of ether oxygens (including phenoxy) is 3. The Morgan fingerprint density at radius 3 is 2.60 bits per heavy atom. The Balaban J connectivity index is 2.11. The van der Waals surface area contributed by atoms with Crippen LogP contribution in [0.25, 0.3) is 0 Å². The van der Waals surface area contributed by atoms with Crippen molar-refractivity contribution in [1.29, 1.82) is 0 Å². The molecule has 0 unspecified atom stereocenters. The van der Waals surface area contributed by atoms with E-state index in [0.29, 0.717) is 6.54 Å². The van der Waals surface area contributed by atoms with Crippen LogP contribution in [0.15, 0.2) is 0 Å². The topological polar surface area (TPSA) is 65.1 Å². The number of rotatable bonds is 2. The number of aldehydes is 1. The molecule has 0 spiro atoms. The third-order valence-electron chi connectivity index (χ3n) is 3.34. The van der Waals surface area contributed by atoms with Gasteiger partial charge in [0, 0.05) is 6.42 Å². The quantitative estimate of drug-likeness (QED) is 0.723. The zero-order valence-electron chi connectivity index (χ0n) is 12.7. The molecule has 0 saturated carbocycles. The predicted molar refractivity (Wildman–Crippen MR) is 71.2 cm³/mol. The molecule has 2 aliphatic heterocycles. The van der Waals surface area contributed by atoms with Gasteiger partial charge in [-0.25, -0.2) is 4.79 Å². The molecule has 6 nitrogen and oxygen atoms in total. The molecule has 0 aromatic rings. The maximum Gasteiger partial charge on any atom is 0.410 e. The third kappa shape index (κ3) is 3.12. The first kappa shape index (κ1) is 15.3. The highest BCUT2D eigenvalue weighted by Gasteiger charge is 2.54. The van der Waals surface area contributed by atoms with Gasteiger partial charge in [0.1, 0.15) is 24.1 Å². The van der Waals surface area contributed by atoms with Gasteiger partial charge in [-0.1, -0.05) is 0 Å². The van der Waals surface area contributed by atoms with E-state index in [-0.39, 0.29) is 24.7 Å². The van der Waals surface area contributed by atoms with Gasteiger partial charge in [-0.15, -0.1) is 0 Å². The molecule has 0 aromatic heterocycles. The van der Waals surface area contributed by atoms with Crippen molar-refractivity contribution < 1.29 is 23.8 Å². The Bertz CT molecular complexity index is 401. The summed E-state index contributed by atoms with van der Waals surface area (Å²) < 4.78 is 17.0. The highest BCUT2D eigenvalue weighted by Crippen LogP contribution is 2.38. The Morgan fingerprint density at radius 1 is 1.40 bits per heavy atom. The van der Waals surface area contributed by atoms with E-state index < -0.39 is 17.5 Å². The van der Waals surface area contributed by atoms with E-state index in [1.807, 2.05) is 34.6 Å². The first-order valence-electron chi connectivity index (χ1n) is 6.92. The average Bonchev–Trinajstić information content (AvgIpc) is 2.70. The number of likely N-dealkylation sites (tertiary alicyclic amines) is 1. The van der Waals surface area contributed by atoms with Crippen LogP contribution < -0.4 is 0 Å². The molecule has 2 saturated heterocycles. The van der Waals surface area contributed by atoms with E-state index in [0.717, 1.165) is 6.29 Å². The highest BCUT2D eigenvalue weighted by molar-refractivity contribution is 5.70. The monoisotopic (exact) mass is 285 g/mol. The maximum atomic E-state index is 12.2. The van der Waals surface area contributed by atoms with Crippen molar-refractivity contribution in [3.8, 4) is 0 Å². The normalized spacial score (nSPS) is 32.0. The van der Waals surface area contributed by atoms with E-state index in [4.69, 9.17) is 14.2 Å². The Kier molecular flexibility index (Phi) is 3.81. The number of nitrogens with zero attached hydrogens (tertiary/aromatic N) is 1. The van der Waals surface area contributed by atoms with Gasteiger partial charge in [0.2, 0.25) is 0 Å². The molecule has 3 atom stereocenters. The van der Waals surface area contributed by atoms with Crippen molar-refractivity contribution in [3.05, 3.63) is 0 Å². The second kappa shape index (κ2) is 5.00. The van der Waals surface area contributed by atoms with Crippen molar-refractivity contribution in [2.24, 2.45) is 0 Å². The smallest absolute Gasteiger partial charge is 0.410 e. The van der Waals surface area contributed by atoms with Crippen LogP contribution in [0, 0.1) is 0 Å². The van der Waals surface area contributed by atoms with E-state index in [2.05, 4.69) is 0 Å². The summed E-state index contributed by atoms with van der Waals surface area (Å²) in [7, 11) is 0. The summed E-state index contributed by atoms with van der Waals surface area (Å²) >= 11 is 0. The minimum absolute atomic E-state index is 0.206. The van der Waals surface area contributed by atoms with Crippen LogP contribution >= 0.6 is 0 Å². The van der Waals surface area contributed by atoms with Crippen LogP contribution in [0.1, 0.15) is 41.0 Å². The zero-order chi connectivity index (χ0) is 15.1. The summed E-state index contributed by atoms with van der Waals surface area (Å²) in [6, 6.07) is -0.325. The summed E-state index contributed by atoms with van der Waals surface area (Å²) in [6.07, 6.45) is 0.118. The summed E-state index contributed by atoms with van der Waals surface area (Å²) in [6.45, 7) is 9.50. The van der Waals surface area contributed by atoms with Crippen LogP contribution in [-0.2, 0) is 19.0 Å². The van der Waals surface area contributed by atoms with E-state index in [9.17, 15) is 9.59 Å². The molecule has 0 radical (unpaired) electrons. The molecular formula is C14H23NO5. The fraction of sp³-hybridized carbons (Fsp3) is 0.857. The minimum atomic E-state index is -0.670. The first-order valence-corrected chi connectivity index (χ1v) is 6.92. The molecule has 0 aliphatic carbocycles. The number of amides is 1. The zero-order valence-corrected chi connectivity index (χ0v) is 12.7. The molecule has 0 aromatic carbocycles. The van der Waals surface area contributed by atoms with Crippen molar-refractivity contribution in [2.75, 3.05) is 6.54 Å². The minimum Gasteiger partial charge on any atom is -0.444 e. The molecule has 2 heterocycles. The van der Waals surface area contributed by atoms with Gasteiger partial charge in [0.25, 0.3) is 0 Å². The Hall–Kier alpha value is -1.14. The summed E-state index contributed by atoms with van der Waals surface area (Å²) in [5.74, 6) is -0.670. The van der Waals surface area contributed by atoms with Gasteiger partial charge < -0.3 is 19.0 Å². The molecular weight excluding hydrogens is 262 g/mol. The van der Waals surface area contributed by atoms with Crippen molar-refractivity contribution >= 4 is 12.4 Å². The molecule has 2 aliphatic rings. The van der Waals surface area contributed by atoms with E-state index in [1.165, 1.54) is 0 Å². The molecule has 20 heavy (non-hydrogen) atoms. The van der Waals surface area contributed by atoms with Crippen LogP contribution in [0.3, 0.4) is 0 Å². The number of fused-ring (bicyclic) bond motifs is 1. The fourth-order valence-corrected chi connectivity index (χ4v) is 2.73. The standard InChI is InChI=1S/C14H23NO5/c1-13(2,3)20-12(17)15-8-10-11(9(15)6-7-16)19-14(4,5)18-10/h7,9-11H,6,8H2,1-5H3/t9-,10-,11+/m0/s1. The van der Waals surface area contributed by atoms with Crippen LogP contribution in [0.5, 0.6) is 0 Å². The molecule has 2 rings (SSSR count). The molecule has 0 bridgehead atoms. The van der Waals surface area contributed by atoms with Crippen LogP contribution in [-0.4, -0.2) is 53.5 Å². The van der Waals surface area contributed by atoms with Gasteiger partial charge in [-0.05, 0) is 34.6 Å². The third-order valence-corrected chi connectivity index (χ3v) is 3.34. The second-order valence-electron chi connectivity index (χ2n) is 6.74. The molecule has 0 N–H and O–H groups in total. The molecule has 6 heteroatoms. The van der Waals surface area contributed by atoms with Gasteiger partial charge in [-0.2, -0.15) is 0 Å². The van der Waals surface area contributed by atoms with Crippen molar-refractivity contribution in [2.45, 2.75) is 70.7 Å². The van der Waals surface area contributed by atoms with Gasteiger partial charge in [-0.3, -0.25) is 4.90 Å². The van der Waals surface area contributed by atoms with E-state index in [1.54, 1.807) is 4.90 Å². The van der Waals surface area contributed by atoms with Gasteiger partial charge in [0.15, 0.2) is 5.79 Å². The predicted octanol–water partition coefficient (Wildman–Crippen LogP) is 1.71. The Morgan fingerprint density at radius 2 is 2.05 bits per heavy atom. The average molecular weight is 285 g/mol. The van der Waals surface area contributed by atoms with Crippen LogP contribution in [0.2, 0.25) is 0 Å². The van der Waals surface area contributed by atoms with Gasteiger partial charge >= 0.3 is 6.09 Å². The number of hydrogen-bond donors (Lipinski definition) is 0. The largest absolute Gasteiger partial charge is 0.444 e. The highest BCUT2D eigenvalue weighted by atomic mass is 16.8. The Labute approximate surface area is 119 Å². The lowest BCUT2D eigenvalue weighted by atomic mass is 10.1. The lowest BCUT2D eigenvalue weighted by Gasteiger charge is -2.30. The SMILES string of the molecule is CC(C)(C)OC(=O)N1C[C@@H]2OC(C)(C)O[C@@H]2[C@@H]1CC=O. The lowest BCUT2D eigenvalue weighted by molar-refractivity contribution is -0.161. The molecule has 114 valence electrons. The number of hydrogen-bond acceptors (Lipinski definition) is 5. The summed E-state index contributed by atoms with van der Waals surface area (Å²) in [4.78, 5) is 24.7. The van der Waals surface area contributed by atoms with Crippen molar-refractivity contribution in [3.63, 3.8) is 0 Å². The van der Waals surface area contributed by atoms with Gasteiger partial charge in [0.05, 0.1) is 12.6 Å². The lowest BCUT2D eigenvalue weighted by Crippen LogP contribution is -2.44. The second-order valence-corrected chi connectivity index (χ2v) is 6.74. The van der Waals surface area contributed by atoms with E-state index >= 15 is 0 Å². The maximum absolute atomic E-state index is 12.2. The van der Waals surface area contributed by atoms with Crippen LogP contribution in [0.4, 0.5) is 4.79 Å². The summed E-state index contributed by atoms with van der Waals surface area (Å²) in [5.41, 5.74) is -0.568.